The van der Waals surface area contributed by atoms with Crippen LogP contribution in [0, 0.1) is 20.9 Å². The maximum absolute atomic E-state index is 10.8. The van der Waals surface area contributed by atoms with Crippen LogP contribution >= 0.6 is 12.4 Å². The van der Waals surface area contributed by atoms with Gasteiger partial charge < -0.3 is 0 Å². The Hall–Kier alpha value is -2.45. The van der Waals surface area contributed by atoms with E-state index in [2.05, 4.69) is 13.8 Å². The van der Waals surface area contributed by atoms with Crippen molar-refractivity contribution in [2.45, 2.75) is 19.3 Å². The molecule has 0 spiro atoms. The molecule has 0 bridgehead atoms. The molecule has 0 aliphatic heterocycles. The average Bonchev–Trinajstić information content (AvgIpc) is 2.50. The monoisotopic (exact) mass is 305 g/mol. The molecule has 2 aromatic rings. The summed E-state index contributed by atoms with van der Waals surface area (Å²) in [5.41, 5.74) is 1.98. The highest BCUT2D eigenvalue weighted by Crippen LogP contribution is 2.32. The summed E-state index contributed by atoms with van der Waals surface area (Å²) < 4.78 is 0. The fourth-order valence-corrected chi connectivity index (χ4v) is 2.03. The molecule has 0 radical (unpaired) electrons. The summed E-state index contributed by atoms with van der Waals surface area (Å²) in [5.74, 6) is 0. The molecule has 5 nitrogen and oxygen atoms in total. The van der Waals surface area contributed by atoms with Crippen molar-refractivity contribution in [1.29, 1.82) is 10.8 Å². The molecule has 110 valence electrons. The van der Waals surface area contributed by atoms with E-state index < -0.39 is 0 Å². The molecule has 2 aromatic carbocycles. The fraction of sp³-hybridized carbons (Fsp3) is 0.200. The largest absolute Gasteiger partial charge is 0.269 e. The fourth-order valence-electron chi connectivity index (χ4n) is 2.03. The SMILES string of the molecule is CC(C)(c1ccccc1)c1cccc([N+](=O)[O-])c1.Cl.N#N. The van der Waals surface area contributed by atoms with E-state index in [0.717, 1.165) is 11.1 Å². The van der Waals surface area contributed by atoms with E-state index in [1.54, 1.807) is 12.1 Å². The highest BCUT2D eigenvalue weighted by molar-refractivity contribution is 5.85. The number of nitro benzene ring substituents is 1. The average molecular weight is 306 g/mol. The van der Waals surface area contributed by atoms with Crippen LogP contribution in [0.3, 0.4) is 0 Å². The Balaban J connectivity index is 0.00000128. The van der Waals surface area contributed by atoms with Gasteiger partial charge in [-0.3, -0.25) is 10.1 Å². The van der Waals surface area contributed by atoms with Gasteiger partial charge in [0.2, 0.25) is 0 Å². The first kappa shape index (κ1) is 18.6. The van der Waals surface area contributed by atoms with Gasteiger partial charge in [0, 0.05) is 28.3 Å². The molecule has 0 saturated heterocycles. The van der Waals surface area contributed by atoms with Gasteiger partial charge in [0.15, 0.2) is 0 Å². The molecule has 21 heavy (non-hydrogen) atoms. The number of non-ortho nitro benzene ring substituents is 1. The van der Waals surface area contributed by atoms with E-state index in [1.165, 1.54) is 6.07 Å². The molecule has 0 amide bonds. The Morgan fingerprint density at radius 1 is 0.952 bits per heavy atom. The minimum atomic E-state index is -0.357. The lowest BCUT2D eigenvalue weighted by molar-refractivity contribution is -0.384. The van der Waals surface area contributed by atoms with E-state index in [-0.39, 0.29) is 28.4 Å². The van der Waals surface area contributed by atoms with Crippen molar-refractivity contribution in [1.82, 2.24) is 0 Å². The standard InChI is InChI=1S/C15H15NO2.ClH.N2/c1-15(2,12-7-4-3-5-8-12)13-9-6-10-14(11-13)16(17)18;;1-2/h3-11H,1-2H3;1H;. The van der Waals surface area contributed by atoms with Crippen LogP contribution in [0.15, 0.2) is 54.6 Å². The van der Waals surface area contributed by atoms with E-state index in [4.69, 9.17) is 10.8 Å². The van der Waals surface area contributed by atoms with Crippen molar-refractivity contribution >= 4 is 18.1 Å². The molecule has 0 atom stereocenters. The first-order valence-electron chi connectivity index (χ1n) is 6.02. The van der Waals surface area contributed by atoms with Crippen molar-refractivity contribution in [3.8, 4) is 0 Å². The minimum Gasteiger partial charge on any atom is -0.258 e. The molecular formula is C15H16ClN3O2. The third kappa shape index (κ3) is 4.26. The molecule has 0 N–H and O–H groups in total. The number of halogens is 1. The molecule has 0 fully saturated rings. The molecule has 0 aromatic heterocycles. The van der Waals surface area contributed by atoms with Gasteiger partial charge in [-0.25, -0.2) is 0 Å². The lowest BCUT2D eigenvalue weighted by Crippen LogP contribution is -2.18. The summed E-state index contributed by atoms with van der Waals surface area (Å²) in [7, 11) is 0. The maximum Gasteiger partial charge on any atom is 0.269 e. The van der Waals surface area contributed by atoms with Gasteiger partial charge in [0.05, 0.1) is 4.92 Å². The first-order valence-corrected chi connectivity index (χ1v) is 6.02. The van der Waals surface area contributed by atoms with Crippen LogP contribution < -0.4 is 0 Å². The summed E-state index contributed by atoms with van der Waals surface area (Å²) >= 11 is 0. The number of hydrogen-bond donors (Lipinski definition) is 0. The Labute approximate surface area is 129 Å². The minimum absolute atomic E-state index is 0. The number of nitrogens with zero attached hydrogens (tertiary/aromatic N) is 3. The van der Waals surface area contributed by atoms with Crippen LogP contribution in [0.2, 0.25) is 0 Å². The number of hydrogen-bond acceptors (Lipinski definition) is 4. The normalized spacial score (nSPS) is 9.71. The van der Waals surface area contributed by atoms with Gasteiger partial charge in [0.1, 0.15) is 0 Å². The molecule has 6 heteroatoms. The predicted octanol–water partition coefficient (Wildman–Crippen LogP) is 4.37. The van der Waals surface area contributed by atoms with Crippen molar-refractivity contribution in [2.75, 3.05) is 0 Å². The molecule has 0 aliphatic rings. The van der Waals surface area contributed by atoms with Gasteiger partial charge in [0.25, 0.3) is 5.69 Å². The molecular weight excluding hydrogens is 290 g/mol. The van der Waals surface area contributed by atoms with Crippen molar-refractivity contribution < 1.29 is 4.92 Å². The number of nitro groups is 1. The summed E-state index contributed by atoms with van der Waals surface area (Å²) in [6, 6.07) is 16.8. The highest BCUT2D eigenvalue weighted by atomic mass is 35.5. The van der Waals surface area contributed by atoms with Crippen LogP contribution in [-0.4, -0.2) is 4.92 Å². The summed E-state index contributed by atoms with van der Waals surface area (Å²) in [5, 5.41) is 22.8. The van der Waals surface area contributed by atoms with Crippen LogP contribution in [0.1, 0.15) is 25.0 Å². The zero-order valence-corrected chi connectivity index (χ0v) is 12.6. The van der Waals surface area contributed by atoms with E-state index >= 15 is 0 Å². The molecule has 0 heterocycles. The smallest absolute Gasteiger partial charge is 0.258 e. The molecule has 0 aliphatic carbocycles. The Bertz CT molecular complexity index is 613. The van der Waals surface area contributed by atoms with E-state index in [0.29, 0.717) is 0 Å². The highest BCUT2D eigenvalue weighted by Gasteiger charge is 2.24. The Morgan fingerprint density at radius 2 is 1.48 bits per heavy atom. The van der Waals surface area contributed by atoms with Crippen LogP contribution in [-0.2, 0) is 5.41 Å². The quantitative estimate of drug-likeness (QED) is 0.478. The third-order valence-electron chi connectivity index (χ3n) is 3.27. The number of benzene rings is 2. The first-order chi connectivity index (χ1) is 9.51. The molecule has 0 saturated carbocycles. The van der Waals surface area contributed by atoms with E-state index in [9.17, 15) is 10.1 Å². The zero-order valence-electron chi connectivity index (χ0n) is 11.8. The second kappa shape index (κ2) is 7.98. The second-order valence-corrected chi connectivity index (χ2v) is 4.80. The lowest BCUT2D eigenvalue weighted by atomic mass is 9.78. The van der Waals surface area contributed by atoms with Crippen molar-refractivity contribution in [3.05, 3.63) is 75.8 Å². The zero-order chi connectivity index (χ0) is 15.2. The summed E-state index contributed by atoms with van der Waals surface area (Å²) in [6.07, 6.45) is 0. The van der Waals surface area contributed by atoms with Crippen LogP contribution in [0.5, 0.6) is 0 Å². The lowest BCUT2D eigenvalue weighted by Gasteiger charge is -2.25. The Morgan fingerprint density at radius 3 is 2.00 bits per heavy atom. The van der Waals surface area contributed by atoms with Crippen LogP contribution in [0.4, 0.5) is 5.69 Å². The summed E-state index contributed by atoms with van der Waals surface area (Å²) in [6.45, 7) is 4.14. The molecule has 2 rings (SSSR count). The van der Waals surface area contributed by atoms with E-state index in [1.807, 2.05) is 36.4 Å². The van der Waals surface area contributed by atoms with Gasteiger partial charge in [-0.2, -0.15) is 0 Å². The summed E-state index contributed by atoms with van der Waals surface area (Å²) in [4.78, 5) is 10.5. The number of rotatable bonds is 3. The third-order valence-corrected chi connectivity index (χ3v) is 3.27. The second-order valence-electron chi connectivity index (χ2n) is 4.80. The van der Waals surface area contributed by atoms with Gasteiger partial charge in [-0.05, 0) is 11.1 Å². The van der Waals surface area contributed by atoms with Gasteiger partial charge >= 0.3 is 0 Å². The van der Waals surface area contributed by atoms with Gasteiger partial charge in [-0.1, -0.05) is 56.3 Å². The maximum atomic E-state index is 10.8. The van der Waals surface area contributed by atoms with Crippen molar-refractivity contribution in [3.63, 3.8) is 0 Å². The Kier molecular flexibility index (Phi) is 7.05. The van der Waals surface area contributed by atoms with Gasteiger partial charge in [-0.15, -0.1) is 12.4 Å². The topological polar surface area (TPSA) is 90.7 Å². The van der Waals surface area contributed by atoms with Crippen LogP contribution in [0.25, 0.3) is 0 Å². The van der Waals surface area contributed by atoms with Crippen molar-refractivity contribution in [2.24, 2.45) is 0 Å². The molecule has 0 unspecified atom stereocenters. The predicted molar refractivity (Wildman–Crippen MR) is 82.4 cm³/mol.